The van der Waals surface area contributed by atoms with Gasteiger partial charge < -0.3 is 9.84 Å². The molecule has 0 saturated heterocycles. The van der Waals surface area contributed by atoms with Crippen LogP contribution in [0, 0.1) is 5.82 Å². The van der Waals surface area contributed by atoms with Gasteiger partial charge in [-0.25, -0.2) is 9.07 Å². The van der Waals surface area contributed by atoms with Crippen LogP contribution in [0.4, 0.5) is 4.39 Å². The van der Waals surface area contributed by atoms with Crippen molar-refractivity contribution in [2.45, 2.75) is 52.2 Å². The Hall–Kier alpha value is -2.96. The van der Waals surface area contributed by atoms with E-state index in [-0.39, 0.29) is 5.82 Å². The van der Waals surface area contributed by atoms with E-state index in [1.807, 2.05) is 41.1 Å². The number of halogens is 1. The summed E-state index contributed by atoms with van der Waals surface area (Å²) in [4.78, 5) is 2.25. The molecule has 0 saturated carbocycles. The van der Waals surface area contributed by atoms with Crippen molar-refractivity contribution in [2.24, 2.45) is 0 Å². The normalized spacial score (nSPS) is 12.2. The number of para-hydroxylation sites is 1. The Morgan fingerprint density at radius 2 is 1.88 bits per heavy atom. The van der Waals surface area contributed by atoms with Crippen LogP contribution in [-0.2, 0) is 13.0 Å². The molecule has 1 unspecified atom stereocenters. The molecule has 0 fully saturated rings. The molecule has 0 bridgehead atoms. The van der Waals surface area contributed by atoms with E-state index < -0.39 is 6.10 Å². The number of benzene rings is 2. The molecule has 0 aliphatic heterocycles. The predicted octanol–water partition coefficient (Wildman–Crippen LogP) is 5.91. The van der Waals surface area contributed by atoms with Gasteiger partial charge in [0.1, 0.15) is 11.6 Å². The van der Waals surface area contributed by atoms with Crippen molar-refractivity contribution in [3.05, 3.63) is 84.3 Å². The molecule has 3 rings (SSSR count). The number of aliphatic hydroxyl groups is 1. The minimum absolute atomic E-state index is 0.309. The van der Waals surface area contributed by atoms with Gasteiger partial charge in [-0.1, -0.05) is 38.1 Å². The van der Waals surface area contributed by atoms with Gasteiger partial charge in [0.2, 0.25) is 5.88 Å². The monoisotopic (exact) mass is 451 g/mol. The Bertz CT molecular complexity index is 1000. The molecule has 1 heterocycles. The largest absolute Gasteiger partial charge is 0.439 e. The summed E-state index contributed by atoms with van der Waals surface area (Å²) in [6.45, 7) is 9.98. The number of aromatic nitrogens is 2. The third-order valence-electron chi connectivity index (χ3n) is 5.48. The molecule has 1 aromatic heterocycles. The number of hydrogen-bond acceptors (Lipinski definition) is 4. The van der Waals surface area contributed by atoms with Crippen LogP contribution in [0.25, 0.3) is 5.69 Å². The summed E-state index contributed by atoms with van der Waals surface area (Å²) in [5, 5.41) is 15.4. The molecular weight excluding hydrogens is 417 g/mol. The highest BCUT2D eigenvalue weighted by Crippen LogP contribution is 2.32. The standard InChI is InChI=1S/C27H34FN3O2/c1-4-7-13-23(32)19-30(18-5-2)20-25-26(6-3)29-31(22-11-9-8-10-12-22)27(25)33-24-16-14-21(28)15-17-24/h4,8-12,14-17,23,32H,1,5-7,13,18-20H2,2-3H3. The lowest BCUT2D eigenvalue weighted by molar-refractivity contribution is 0.102. The number of hydrogen-bond donors (Lipinski definition) is 1. The zero-order chi connectivity index (χ0) is 23.6. The fraction of sp³-hybridized carbons (Fsp3) is 0.370. The SMILES string of the molecule is C=CCCC(O)CN(CCC)Cc1c(CC)nn(-c2ccccc2)c1Oc1ccc(F)cc1. The van der Waals surface area contributed by atoms with E-state index in [9.17, 15) is 9.50 Å². The van der Waals surface area contributed by atoms with E-state index in [1.54, 1.807) is 12.1 Å². The number of aliphatic hydroxyl groups excluding tert-OH is 1. The first-order valence-electron chi connectivity index (χ1n) is 11.7. The first-order chi connectivity index (χ1) is 16.0. The van der Waals surface area contributed by atoms with Crippen molar-refractivity contribution in [3.8, 4) is 17.3 Å². The predicted molar refractivity (Wildman–Crippen MR) is 130 cm³/mol. The van der Waals surface area contributed by atoms with Crippen LogP contribution in [0.15, 0.2) is 67.3 Å². The number of rotatable bonds is 13. The third kappa shape index (κ3) is 6.76. The minimum atomic E-state index is -0.426. The quantitative estimate of drug-likeness (QED) is 0.329. The van der Waals surface area contributed by atoms with Crippen molar-refractivity contribution >= 4 is 0 Å². The summed E-state index contributed by atoms with van der Waals surface area (Å²) in [5.74, 6) is 0.854. The number of ether oxygens (including phenoxy) is 1. The van der Waals surface area contributed by atoms with Gasteiger partial charge in [0.05, 0.1) is 23.0 Å². The zero-order valence-electron chi connectivity index (χ0n) is 19.6. The van der Waals surface area contributed by atoms with Gasteiger partial charge in [0, 0.05) is 13.1 Å². The van der Waals surface area contributed by atoms with E-state index in [0.29, 0.717) is 31.1 Å². The Balaban J connectivity index is 1.99. The van der Waals surface area contributed by atoms with Crippen LogP contribution in [0.2, 0.25) is 0 Å². The van der Waals surface area contributed by atoms with E-state index in [1.165, 1.54) is 12.1 Å². The first-order valence-corrected chi connectivity index (χ1v) is 11.7. The van der Waals surface area contributed by atoms with Crippen LogP contribution in [-0.4, -0.2) is 39.0 Å². The lowest BCUT2D eigenvalue weighted by Crippen LogP contribution is -2.33. The van der Waals surface area contributed by atoms with E-state index >= 15 is 0 Å². The summed E-state index contributed by atoms with van der Waals surface area (Å²) >= 11 is 0. The molecule has 1 N–H and O–H groups in total. The molecule has 0 amide bonds. The lowest BCUT2D eigenvalue weighted by atomic mass is 10.1. The average molecular weight is 452 g/mol. The summed E-state index contributed by atoms with van der Waals surface area (Å²) < 4.78 is 21.6. The van der Waals surface area contributed by atoms with Gasteiger partial charge >= 0.3 is 0 Å². The number of allylic oxidation sites excluding steroid dienone is 1. The molecule has 0 aliphatic rings. The van der Waals surface area contributed by atoms with Crippen LogP contribution in [0.5, 0.6) is 11.6 Å². The summed E-state index contributed by atoms with van der Waals surface area (Å²) in [6.07, 6.45) is 4.59. The van der Waals surface area contributed by atoms with Crippen LogP contribution in [0.1, 0.15) is 44.4 Å². The second kappa shape index (κ2) is 12.3. The van der Waals surface area contributed by atoms with Crippen molar-refractivity contribution in [2.75, 3.05) is 13.1 Å². The van der Waals surface area contributed by atoms with Gasteiger partial charge in [-0.3, -0.25) is 4.90 Å². The maximum atomic E-state index is 13.5. The molecule has 1 atom stereocenters. The Morgan fingerprint density at radius 1 is 1.15 bits per heavy atom. The summed E-state index contributed by atoms with van der Waals surface area (Å²) in [5.41, 5.74) is 2.82. The van der Waals surface area contributed by atoms with Crippen molar-refractivity contribution in [3.63, 3.8) is 0 Å². The van der Waals surface area contributed by atoms with Gasteiger partial charge in [-0.05, 0) is 68.6 Å². The second-order valence-corrected chi connectivity index (χ2v) is 8.14. The maximum Gasteiger partial charge on any atom is 0.227 e. The fourth-order valence-corrected chi connectivity index (χ4v) is 3.86. The molecule has 33 heavy (non-hydrogen) atoms. The average Bonchev–Trinajstić information content (AvgIpc) is 3.16. The van der Waals surface area contributed by atoms with Crippen LogP contribution in [0.3, 0.4) is 0 Å². The maximum absolute atomic E-state index is 13.5. The number of aryl methyl sites for hydroxylation is 1. The molecule has 176 valence electrons. The van der Waals surface area contributed by atoms with Gasteiger partial charge in [0.15, 0.2) is 0 Å². The minimum Gasteiger partial charge on any atom is -0.439 e. The molecular formula is C27H34FN3O2. The van der Waals surface area contributed by atoms with Gasteiger partial charge in [0.25, 0.3) is 0 Å². The Kier molecular flexibility index (Phi) is 9.22. The van der Waals surface area contributed by atoms with Crippen molar-refractivity contribution in [1.29, 1.82) is 0 Å². The Morgan fingerprint density at radius 3 is 2.52 bits per heavy atom. The topological polar surface area (TPSA) is 50.5 Å². The molecule has 0 spiro atoms. The Labute approximate surface area is 196 Å². The molecule has 3 aromatic rings. The highest BCUT2D eigenvalue weighted by Gasteiger charge is 2.23. The van der Waals surface area contributed by atoms with E-state index in [2.05, 4.69) is 25.3 Å². The van der Waals surface area contributed by atoms with Crippen molar-refractivity contribution in [1.82, 2.24) is 14.7 Å². The molecule has 0 aliphatic carbocycles. The molecule has 6 heteroatoms. The van der Waals surface area contributed by atoms with Gasteiger partial charge in [-0.15, -0.1) is 6.58 Å². The fourth-order valence-electron chi connectivity index (χ4n) is 3.86. The van der Waals surface area contributed by atoms with E-state index in [4.69, 9.17) is 9.84 Å². The summed E-state index contributed by atoms with van der Waals surface area (Å²) in [7, 11) is 0. The molecule has 0 radical (unpaired) electrons. The smallest absolute Gasteiger partial charge is 0.227 e. The second-order valence-electron chi connectivity index (χ2n) is 8.14. The third-order valence-corrected chi connectivity index (χ3v) is 5.48. The van der Waals surface area contributed by atoms with Gasteiger partial charge in [-0.2, -0.15) is 5.10 Å². The van der Waals surface area contributed by atoms with Crippen LogP contribution < -0.4 is 4.74 Å². The number of nitrogens with zero attached hydrogens (tertiary/aromatic N) is 3. The highest BCUT2D eigenvalue weighted by atomic mass is 19.1. The highest BCUT2D eigenvalue weighted by molar-refractivity contribution is 5.43. The van der Waals surface area contributed by atoms with Crippen LogP contribution >= 0.6 is 0 Å². The molecule has 2 aromatic carbocycles. The lowest BCUT2D eigenvalue weighted by Gasteiger charge is -2.25. The summed E-state index contributed by atoms with van der Waals surface area (Å²) in [6, 6.07) is 15.9. The van der Waals surface area contributed by atoms with Crippen molar-refractivity contribution < 1.29 is 14.2 Å². The van der Waals surface area contributed by atoms with E-state index in [0.717, 1.165) is 42.8 Å². The zero-order valence-corrected chi connectivity index (χ0v) is 19.6. The molecule has 5 nitrogen and oxygen atoms in total. The first kappa shape index (κ1) is 24.7.